The van der Waals surface area contributed by atoms with Crippen molar-refractivity contribution in [3.05, 3.63) is 35.7 Å². The topological polar surface area (TPSA) is 92.2 Å². The smallest absolute Gasteiger partial charge is 0.278 e. The van der Waals surface area contributed by atoms with E-state index in [1.54, 1.807) is 4.90 Å². The lowest BCUT2D eigenvalue weighted by molar-refractivity contribution is -0.117. The number of piperidine rings is 1. The minimum absolute atomic E-state index is 0. The van der Waals surface area contributed by atoms with E-state index in [0.29, 0.717) is 17.8 Å². The SMILES string of the molecule is Cc1c(C(=O)Nc2cccc(N3CCCC3=O)c2)nnn1C1CCNCC1.Cl. The van der Waals surface area contributed by atoms with E-state index < -0.39 is 0 Å². The number of carbonyl (C=O) groups is 2. The van der Waals surface area contributed by atoms with Crippen LogP contribution < -0.4 is 15.5 Å². The van der Waals surface area contributed by atoms with Crippen LogP contribution in [-0.4, -0.2) is 46.4 Å². The van der Waals surface area contributed by atoms with Crippen LogP contribution in [0, 0.1) is 6.92 Å². The zero-order valence-electron chi connectivity index (χ0n) is 15.9. The van der Waals surface area contributed by atoms with Gasteiger partial charge >= 0.3 is 0 Å². The molecule has 2 N–H and O–H groups in total. The van der Waals surface area contributed by atoms with Crippen LogP contribution in [0.1, 0.15) is 47.9 Å². The summed E-state index contributed by atoms with van der Waals surface area (Å²) in [5, 5.41) is 14.6. The van der Waals surface area contributed by atoms with Gasteiger partial charge in [-0.15, -0.1) is 17.5 Å². The van der Waals surface area contributed by atoms with Crippen molar-refractivity contribution < 1.29 is 9.59 Å². The molecule has 0 unspecified atom stereocenters. The fraction of sp³-hybridized carbons (Fsp3) is 0.474. The summed E-state index contributed by atoms with van der Waals surface area (Å²) in [6, 6.07) is 7.65. The van der Waals surface area contributed by atoms with Crippen LogP contribution in [0.4, 0.5) is 11.4 Å². The first-order valence-corrected chi connectivity index (χ1v) is 9.48. The predicted octanol–water partition coefficient (Wildman–Crippen LogP) is 2.31. The van der Waals surface area contributed by atoms with Crippen molar-refractivity contribution >= 4 is 35.6 Å². The third-order valence-electron chi connectivity index (χ3n) is 5.29. The summed E-state index contributed by atoms with van der Waals surface area (Å²) in [5.41, 5.74) is 2.58. The average molecular weight is 405 g/mol. The van der Waals surface area contributed by atoms with Crippen molar-refractivity contribution in [2.24, 2.45) is 0 Å². The van der Waals surface area contributed by atoms with Gasteiger partial charge < -0.3 is 15.5 Å². The van der Waals surface area contributed by atoms with E-state index in [1.165, 1.54) is 0 Å². The van der Waals surface area contributed by atoms with E-state index >= 15 is 0 Å². The first-order chi connectivity index (χ1) is 13.1. The minimum Gasteiger partial charge on any atom is -0.320 e. The zero-order valence-corrected chi connectivity index (χ0v) is 16.7. The molecule has 8 nitrogen and oxygen atoms in total. The highest BCUT2D eigenvalue weighted by atomic mass is 35.5. The summed E-state index contributed by atoms with van der Waals surface area (Å²) in [4.78, 5) is 26.4. The van der Waals surface area contributed by atoms with Crippen molar-refractivity contribution in [1.82, 2.24) is 20.3 Å². The summed E-state index contributed by atoms with van der Waals surface area (Å²) in [5.74, 6) is -0.156. The summed E-state index contributed by atoms with van der Waals surface area (Å²) >= 11 is 0. The van der Waals surface area contributed by atoms with Crippen molar-refractivity contribution in [1.29, 1.82) is 0 Å². The fourth-order valence-corrected chi connectivity index (χ4v) is 3.81. The number of halogens is 1. The molecule has 0 aliphatic carbocycles. The largest absolute Gasteiger partial charge is 0.320 e. The molecule has 150 valence electrons. The Balaban J connectivity index is 0.00000225. The first-order valence-electron chi connectivity index (χ1n) is 9.48. The molecule has 0 saturated carbocycles. The Labute approximate surface area is 170 Å². The number of nitrogens with zero attached hydrogens (tertiary/aromatic N) is 4. The average Bonchev–Trinajstić information content (AvgIpc) is 3.28. The van der Waals surface area contributed by atoms with Gasteiger partial charge in [-0.1, -0.05) is 11.3 Å². The van der Waals surface area contributed by atoms with Crippen molar-refractivity contribution in [3.8, 4) is 0 Å². The Bertz CT molecular complexity index is 862. The lowest BCUT2D eigenvalue weighted by Crippen LogP contribution is -2.30. The summed E-state index contributed by atoms with van der Waals surface area (Å²) in [6.45, 7) is 4.51. The second-order valence-corrected chi connectivity index (χ2v) is 7.10. The minimum atomic E-state index is -0.280. The van der Waals surface area contributed by atoms with Gasteiger partial charge in [0, 0.05) is 24.3 Å². The molecular formula is C19H25ClN6O2. The van der Waals surface area contributed by atoms with Gasteiger partial charge in [0.15, 0.2) is 5.69 Å². The van der Waals surface area contributed by atoms with E-state index in [0.717, 1.165) is 50.3 Å². The standard InChI is InChI=1S/C19H24N6O2.ClH/c1-13-18(22-23-25(13)15-7-9-20-10-8-15)19(27)21-14-4-2-5-16(12-14)24-11-3-6-17(24)26;/h2,4-5,12,15,20H,3,6-11H2,1H3,(H,21,27);1H. The van der Waals surface area contributed by atoms with Gasteiger partial charge in [0.05, 0.1) is 11.7 Å². The molecule has 2 amide bonds. The number of benzene rings is 1. The van der Waals surface area contributed by atoms with E-state index in [9.17, 15) is 9.59 Å². The van der Waals surface area contributed by atoms with E-state index in [-0.39, 0.29) is 30.3 Å². The zero-order chi connectivity index (χ0) is 18.8. The molecule has 2 aliphatic rings. The third kappa shape index (κ3) is 4.02. The number of anilines is 2. The predicted molar refractivity (Wildman–Crippen MR) is 109 cm³/mol. The maximum Gasteiger partial charge on any atom is 0.278 e. The molecular weight excluding hydrogens is 380 g/mol. The van der Waals surface area contributed by atoms with Gasteiger partial charge in [-0.05, 0) is 57.5 Å². The number of rotatable bonds is 4. The highest BCUT2D eigenvalue weighted by Gasteiger charge is 2.24. The van der Waals surface area contributed by atoms with Crippen LogP contribution in [0.5, 0.6) is 0 Å². The molecule has 3 heterocycles. The molecule has 1 aromatic carbocycles. The molecule has 2 aromatic rings. The van der Waals surface area contributed by atoms with Crippen LogP contribution in [0.25, 0.3) is 0 Å². The van der Waals surface area contributed by atoms with Crippen LogP contribution in [0.3, 0.4) is 0 Å². The molecule has 2 aliphatic heterocycles. The van der Waals surface area contributed by atoms with Gasteiger partial charge in [-0.2, -0.15) is 0 Å². The summed E-state index contributed by atoms with van der Waals surface area (Å²) in [7, 11) is 0. The highest BCUT2D eigenvalue weighted by molar-refractivity contribution is 6.04. The number of nitrogens with one attached hydrogen (secondary N) is 2. The van der Waals surface area contributed by atoms with Crippen LogP contribution in [0.2, 0.25) is 0 Å². The molecule has 2 fully saturated rings. The summed E-state index contributed by atoms with van der Waals surface area (Å²) < 4.78 is 1.87. The molecule has 0 spiro atoms. The number of aromatic nitrogens is 3. The first kappa shape index (κ1) is 20.3. The number of hydrogen-bond donors (Lipinski definition) is 2. The lowest BCUT2D eigenvalue weighted by atomic mass is 10.1. The highest BCUT2D eigenvalue weighted by Crippen LogP contribution is 2.25. The molecule has 0 bridgehead atoms. The molecule has 28 heavy (non-hydrogen) atoms. The monoisotopic (exact) mass is 404 g/mol. The number of carbonyl (C=O) groups excluding carboxylic acids is 2. The molecule has 9 heteroatoms. The molecule has 2 saturated heterocycles. The Morgan fingerprint density at radius 2 is 2.07 bits per heavy atom. The Morgan fingerprint density at radius 1 is 1.29 bits per heavy atom. The van der Waals surface area contributed by atoms with Gasteiger partial charge in [0.1, 0.15) is 0 Å². The van der Waals surface area contributed by atoms with Crippen molar-refractivity contribution in [3.63, 3.8) is 0 Å². The second kappa shape index (κ2) is 8.70. The fourth-order valence-electron chi connectivity index (χ4n) is 3.81. The maximum absolute atomic E-state index is 12.7. The van der Waals surface area contributed by atoms with Crippen molar-refractivity contribution in [2.75, 3.05) is 29.9 Å². The van der Waals surface area contributed by atoms with Crippen LogP contribution >= 0.6 is 12.4 Å². The number of hydrogen-bond acceptors (Lipinski definition) is 5. The van der Waals surface area contributed by atoms with E-state index in [2.05, 4.69) is 20.9 Å². The van der Waals surface area contributed by atoms with Crippen LogP contribution in [0.15, 0.2) is 24.3 Å². The Hall–Kier alpha value is -2.45. The van der Waals surface area contributed by atoms with E-state index in [4.69, 9.17) is 0 Å². The van der Waals surface area contributed by atoms with Gasteiger partial charge in [0.2, 0.25) is 5.91 Å². The van der Waals surface area contributed by atoms with Crippen molar-refractivity contribution in [2.45, 2.75) is 38.6 Å². The maximum atomic E-state index is 12.7. The summed E-state index contributed by atoms with van der Waals surface area (Å²) in [6.07, 6.45) is 3.41. The van der Waals surface area contributed by atoms with Crippen LogP contribution in [-0.2, 0) is 4.79 Å². The molecule has 0 radical (unpaired) electrons. The second-order valence-electron chi connectivity index (χ2n) is 7.10. The molecule has 4 rings (SSSR count). The quantitative estimate of drug-likeness (QED) is 0.815. The molecule has 1 aromatic heterocycles. The normalized spacial score (nSPS) is 17.5. The van der Waals surface area contributed by atoms with E-state index in [1.807, 2.05) is 35.9 Å². The lowest BCUT2D eigenvalue weighted by Gasteiger charge is -2.23. The van der Waals surface area contributed by atoms with Gasteiger partial charge in [-0.3, -0.25) is 9.59 Å². The van der Waals surface area contributed by atoms with Gasteiger partial charge in [-0.25, -0.2) is 4.68 Å². The van der Waals surface area contributed by atoms with Gasteiger partial charge in [0.25, 0.3) is 5.91 Å². The Morgan fingerprint density at radius 3 is 2.79 bits per heavy atom. The number of amides is 2. The Kier molecular flexibility index (Phi) is 6.31. The third-order valence-corrected chi connectivity index (χ3v) is 5.29. The molecule has 0 atom stereocenters.